The minimum atomic E-state index is -4.34. The van der Waals surface area contributed by atoms with Gasteiger partial charge < -0.3 is 9.13 Å². The van der Waals surface area contributed by atoms with Crippen LogP contribution >= 0.6 is 11.8 Å². The number of aryl methyl sites for hydroxylation is 1. The van der Waals surface area contributed by atoms with E-state index < -0.39 is 12.7 Å². The highest BCUT2D eigenvalue weighted by Gasteiger charge is 2.30. The number of rotatable bonds is 6. The molecule has 0 radical (unpaired) electrons. The number of hydrogen-bond donors (Lipinski definition) is 0. The Hall–Kier alpha value is -2.62. The number of halogens is 3. The molecule has 3 heterocycles. The molecule has 0 unspecified atom stereocenters. The zero-order valence-corrected chi connectivity index (χ0v) is 16.3. The number of hydrogen-bond acceptors (Lipinski definition) is 5. The first-order valence-electron chi connectivity index (χ1n) is 8.36. The molecule has 0 aromatic carbocycles. The second-order valence-electron chi connectivity index (χ2n) is 6.30. The van der Waals surface area contributed by atoms with Crippen molar-refractivity contribution in [2.45, 2.75) is 31.7 Å². The van der Waals surface area contributed by atoms with Crippen LogP contribution < -0.4 is 0 Å². The third kappa shape index (κ3) is 4.27. The second-order valence-corrected chi connectivity index (χ2v) is 7.25. The van der Waals surface area contributed by atoms with Gasteiger partial charge in [0, 0.05) is 42.0 Å². The van der Waals surface area contributed by atoms with E-state index in [4.69, 9.17) is 0 Å². The Morgan fingerprint density at radius 3 is 2.64 bits per heavy atom. The summed E-state index contributed by atoms with van der Waals surface area (Å²) in [5.74, 6) is 0.416. The fourth-order valence-electron chi connectivity index (χ4n) is 2.90. The number of aromatic nitrogens is 5. The molecule has 3 aromatic heterocycles. The van der Waals surface area contributed by atoms with Crippen molar-refractivity contribution in [1.29, 1.82) is 0 Å². The molecule has 3 aromatic rings. The number of pyridine rings is 1. The lowest BCUT2D eigenvalue weighted by atomic mass is 10.2. The number of carbonyl (C=O) groups excluding carboxylic acids is 1. The quantitative estimate of drug-likeness (QED) is 0.457. The molecule has 0 atom stereocenters. The Morgan fingerprint density at radius 1 is 1.25 bits per heavy atom. The molecule has 6 nitrogen and oxygen atoms in total. The van der Waals surface area contributed by atoms with E-state index in [1.165, 1.54) is 24.8 Å². The van der Waals surface area contributed by atoms with Crippen molar-refractivity contribution < 1.29 is 18.0 Å². The number of thioether (sulfide) groups is 1. The van der Waals surface area contributed by atoms with Gasteiger partial charge in [0.25, 0.3) is 0 Å². The van der Waals surface area contributed by atoms with E-state index in [-0.39, 0.29) is 11.5 Å². The maximum absolute atomic E-state index is 12.7. The highest BCUT2D eigenvalue weighted by Crippen LogP contribution is 2.26. The summed E-state index contributed by atoms with van der Waals surface area (Å²) in [6.07, 6.45) is -1.02. The van der Waals surface area contributed by atoms with Crippen molar-refractivity contribution in [3.63, 3.8) is 0 Å². The van der Waals surface area contributed by atoms with Gasteiger partial charge in [0.05, 0.1) is 5.75 Å². The molecule has 0 spiro atoms. The molecule has 10 heteroatoms. The summed E-state index contributed by atoms with van der Waals surface area (Å²) in [5, 5.41) is 8.76. The molecular weight excluding hydrogens is 391 g/mol. The third-order valence-electron chi connectivity index (χ3n) is 4.30. The lowest BCUT2D eigenvalue weighted by molar-refractivity contribution is -0.141. The van der Waals surface area contributed by atoms with Gasteiger partial charge in [-0.1, -0.05) is 11.8 Å². The molecule has 0 aliphatic rings. The van der Waals surface area contributed by atoms with Crippen LogP contribution in [0, 0.1) is 13.8 Å². The average molecular weight is 409 g/mol. The monoisotopic (exact) mass is 409 g/mol. The first kappa shape index (κ1) is 20.1. The SMILES string of the molecule is Cc1cc(C(=O)CSc2nnc(-c3cccnc3)n2C)c(C)n1CC(F)(F)F. The zero-order valence-electron chi connectivity index (χ0n) is 15.5. The lowest BCUT2D eigenvalue weighted by Gasteiger charge is -2.12. The molecule has 28 heavy (non-hydrogen) atoms. The summed E-state index contributed by atoms with van der Waals surface area (Å²) in [6, 6.07) is 5.14. The van der Waals surface area contributed by atoms with Crippen molar-refractivity contribution in [2.24, 2.45) is 7.05 Å². The second kappa shape index (κ2) is 7.78. The van der Waals surface area contributed by atoms with E-state index in [9.17, 15) is 18.0 Å². The van der Waals surface area contributed by atoms with Crippen LogP contribution in [-0.4, -0.2) is 42.0 Å². The fourth-order valence-corrected chi connectivity index (χ4v) is 3.70. The molecule has 0 saturated heterocycles. The summed E-state index contributed by atoms with van der Waals surface area (Å²) in [5.41, 5.74) is 1.81. The van der Waals surface area contributed by atoms with Gasteiger partial charge >= 0.3 is 6.18 Å². The summed E-state index contributed by atoms with van der Waals surface area (Å²) in [6.45, 7) is 1.98. The highest BCUT2D eigenvalue weighted by molar-refractivity contribution is 7.99. The number of carbonyl (C=O) groups is 1. The molecule has 0 bridgehead atoms. The van der Waals surface area contributed by atoms with Gasteiger partial charge in [-0.15, -0.1) is 10.2 Å². The predicted molar refractivity (Wildman–Crippen MR) is 99.2 cm³/mol. The first-order valence-corrected chi connectivity index (χ1v) is 9.35. The maximum atomic E-state index is 12.7. The Morgan fingerprint density at radius 2 is 2.00 bits per heavy atom. The molecule has 0 aliphatic carbocycles. The lowest BCUT2D eigenvalue weighted by Crippen LogP contribution is -2.19. The minimum absolute atomic E-state index is 0.0509. The standard InChI is InChI=1S/C18H18F3N5OS/c1-11-7-14(12(2)26(11)10-18(19,20)21)15(27)9-28-17-24-23-16(25(17)3)13-5-4-6-22-8-13/h4-8H,9-10H2,1-3H3. The summed E-state index contributed by atoms with van der Waals surface area (Å²) in [7, 11) is 1.78. The summed E-state index contributed by atoms with van der Waals surface area (Å²) < 4.78 is 41.1. The van der Waals surface area contributed by atoms with Gasteiger partial charge in [-0.05, 0) is 32.0 Å². The Kier molecular flexibility index (Phi) is 5.59. The van der Waals surface area contributed by atoms with Crippen LogP contribution in [0.15, 0.2) is 35.7 Å². The molecular formula is C18H18F3N5OS. The fraction of sp³-hybridized carbons (Fsp3) is 0.333. The van der Waals surface area contributed by atoms with Gasteiger partial charge in [-0.3, -0.25) is 9.78 Å². The molecule has 3 rings (SSSR count). The smallest absolute Gasteiger partial charge is 0.339 e. The van der Waals surface area contributed by atoms with E-state index in [1.54, 1.807) is 37.0 Å². The number of ketones is 1. The van der Waals surface area contributed by atoms with Gasteiger partial charge in [0.2, 0.25) is 0 Å². The van der Waals surface area contributed by atoms with E-state index in [2.05, 4.69) is 15.2 Å². The first-order chi connectivity index (χ1) is 13.2. The maximum Gasteiger partial charge on any atom is 0.406 e. The van der Waals surface area contributed by atoms with Crippen LogP contribution in [-0.2, 0) is 13.6 Å². The summed E-state index contributed by atoms with van der Waals surface area (Å²) >= 11 is 1.19. The van der Waals surface area contributed by atoms with E-state index >= 15 is 0 Å². The molecule has 0 saturated carbocycles. The van der Waals surface area contributed by atoms with Crippen LogP contribution in [0.1, 0.15) is 21.7 Å². The Bertz CT molecular complexity index is 995. The predicted octanol–water partition coefficient (Wildman–Crippen LogP) is 3.83. The van der Waals surface area contributed by atoms with Crippen molar-refractivity contribution in [3.8, 4) is 11.4 Å². The Labute approximate surface area is 163 Å². The Balaban J connectivity index is 1.74. The van der Waals surface area contributed by atoms with Crippen molar-refractivity contribution in [2.75, 3.05) is 5.75 Å². The van der Waals surface area contributed by atoms with Crippen molar-refractivity contribution in [1.82, 2.24) is 24.3 Å². The van der Waals surface area contributed by atoms with Crippen LogP contribution in [0.5, 0.6) is 0 Å². The number of nitrogens with zero attached hydrogens (tertiary/aromatic N) is 5. The van der Waals surface area contributed by atoms with Crippen LogP contribution in [0.4, 0.5) is 13.2 Å². The van der Waals surface area contributed by atoms with Crippen LogP contribution in [0.3, 0.4) is 0 Å². The van der Waals surface area contributed by atoms with E-state index in [1.807, 2.05) is 6.07 Å². The molecule has 0 N–H and O–H groups in total. The molecule has 0 fully saturated rings. The minimum Gasteiger partial charge on any atom is -0.339 e. The average Bonchev–Trinajstić information content (AvgIpc) is 3.14. The van der Waals surface area contributed by atoms with Crippen molar-refractivity contribution in [3.05, 3.63) is 47.5 Å². The number of Topliss-reactive ketones (excluding diaryl/α,β-unsaturated/α-hetero) is 1. The molecule has 0 amide bonds. The van der Waals surface area contributed by atoms with Gasteiger partial charge in [0.1, 0.15) is 6.54 Å². The van der Waals surface area contributed by atoms with E-state index in [0.29, 0.717) is 27.9 Å². The highest BCUT2D eigenvalue weighted by atomic mass is 32.2. The van der Waals surface area contributed by atoms with Gasteiger partial charge in [-0.2, -0.15) is 13.2 Å². The third-order valence-corrected chi connectivity index (χ3v) is 5.32. The normalized spacial score (nSPS) is 11.8. The molecule has 0 aliphatic heterocycles. The van der Waals surface area contributed by atoms with Gasteiger partial charge in [-0.25, -0.2) is 0 Å². The topological polar surface area (TPSA) is 65.6 Å². The summed E-state index contributed by atoms with van der Waals surface area (Å²) in [4.78, 5) is 16.6. The largest absolute Gasteiger partial charge is 0.406 e. The van der Waals surface area contributed by atoms with Crippen LogP contribution in [0.25, 0.3) is 11.4 Å². The van der Waals surface area contributed by atoms with Crippen LogP contribution in [0.2, 0.25) is 0 Å². The van der Waals surface area contributed by atoms with Gasteiger partial charge in [0.15, 0.2) is 16.8 Å². The molecule has 148 valence electrons. The van der Waals surface area contributed by atoms with Crippen molar-refractivity contribution >= 4 is 17.5 Å². The number of alkyl halides is 3. The zero-order chi connectivity index (χ0) is 20.5. The van der Waals surface area contributed by atoms with E-state index in [0.717, 1.165) is 10.1 Å².